The zero-order valence-corrected chi connectivity index (χ0v) is 19.6. The second kappa shape index (κ2) is 9.89. The van der Waals surface area contributed by atoms with Gasteiger partial charge in [-0.3, -0.25) is 14.0 Å². The molecular weight excluding hydrogens is 438 g/mol. The van der Waals surface area contributed by atoms with Gasteiger partial charge in [0.1, 0.15) is 12.3 Å². The van der Waals surface area contributed by atoms with Crippen molar-refractivity contribution in [2.45, 2.75) is 13.5 Å². The van der Waals surface area contributed by atoms with Crippen molar-refractivity contribution in [3.63, 3.8) is 0 Å². The number of benzene rings is 2. The first kappa shape index (κ1) is 23.4. The van der Waals surface area contributed by atoms with Gasteiger partial charge >= 0.3 is 0 Å². The van der Waals surface area contributed by atoms with E-state index in [-0.39, 0.29) is 12.5 Å². The molecule has 1 aliphatic heterocycles. The average molecular weight is 466 g/mol. The predicted molar refractivity (Wildman–Crippen MR) is 123 cm³/mol. The number of methoxy groups -OCH3 is 1. The van der Waals surface area contributed by atoms with Crippen molar-refractivity contribution in [2.24, 2.45) is 0 Å². The number of nitrogens with zero attached hydrogens (tertiary/aromatic N) is 3. The monoisotopic (exact) mass is 465 g/mol. The number of anilines is 1. The molecule has 7 nitrogen and oxygen atoms in total. The van der Waals surface area contributed by atoms with E-state index in [9.17, 15) is 13.2 Å². The first-order valence-electron chi connectivity index (χ1n) is 10.0. The smallest absolute Gasteiger partial charge is 0.243 e. The number of carbonyl (C=O) groups is 1. The van der Waals surface area contributed by atoms with E-state index in [0.717, 1.165) is 23.1 Å². The van der Waals surface area contributed by atoms with Gasteiger partial charge < -0.3 is 9.64 Å². The van der Waals surface area contributed by atoms with Gasteiger partial charge in [0.25, 0.3) is 0 Å². The van der Waals surface area contributed by atoms with Crippen LogP contribution in [0.1, 0.15) is 11.1 Å². The van der Waals surface area contributed by atoms with Crippen molar-refractivity contribution < 1.29 is 17.9 Å². The summed E-state index contributed by atoms with van der Waals surface area (Å²) in [5.41, 5.74) is 2.34. The van der Waals surface area contributed by atoms with E-state index in [1.54, 1.807) is 30.2 Å². The summed E-state index contributed by atoms with van der Waals surface area (Å²) in [5.74, 6) is 0.582. The maximum atomic E-state index is 12.9. The summed E-state index contributed by atoms with van der Waals surface area (Å²) in [6.45, 7) is 4.74. The average Bonchev–Trinajstić information content (AvgIpc) is 2.72. The Labute approximate surface area is 189 Å². The number of hydrogen-bond donors (Lipinski definition) is 0. The molecule has 0 N–H and O–H groups in total. The van der Waals surface area contributed by atoms with Crippen molar-refractivity contribution in [3.05, 3.63) is 58.6 Å². The molecule has 31 heavy (non-hydrogen) atoms. The molecule has 0 aromatic heterocycles. The highest BCUT2D eigenvalue weighted by Crippen LogP contribution is 2.25. The molecular formula is C22H28ClN3O4S. The molecule has 0 radical (unpaired) electrons. The van der Waals surface area contributed by atoms with Gasteiger partial charge in [0.15, 0.2) is 0 Å². The minimum absolute atomic E-state index is 0.200. The van der Waals surface area contributed by atoms with Crippen LogP contribution in [-0.2, 0) is 21.4 Å². The number of hydrogen-bond acceptors (Lipinski definition) is 5. The molecule has 1 fully saturated rings. The summed E-state index contributed by atoms with van der Waals surface area (Å²) < 4.78 is 31.3. The summed E-state index contributed by atoms with van der Waals surface area (Å²) in [4.78, 5) is 16.9. The summed E-state index contributed by atoms with van der Waals surface area (Å²) in [6, 6.07) is 12.7. The molecule has 0 saturated carbocycles. The lowest BCUT2D eigenvalue weighted by molar-refractivity contribution is -0.131. The Morgan fingerprint density at radius 3 is 2.42 bits per heavy atom. The lowest BCUT2D eigenvalue weighted by Crippen LogP contribution is -2.51. The number of amides is 1. The van der Waals surface area contributed by atoms with E-state index in [0.29, 0.717) is 43.4 Å². The van der Waals surface area contributed by atoms with Crippen LogP contribution in [0, 0.1) is 6.92 Å². The number of carbonyl (C=O) groups excluding carboxylic acids is 1. The minimum Gasteiger partial charge on any atom is -0.496 e. The molecule has 2 aromatic rings. The Bertz CT molecular complexity index is 1040. The van der Waals surface area contributed by atoms with E-state index in [1.807, 2.05) is 31.2 Å². The second-order valence-electron chi connectivity index (χ2n) is 7.67. The second-order valence-corrected chi connectivity index (χ2v) is 10.0. The maximum absolute atomic E-state index is 12.9. The topological polar surface area (TPSA) is 70.2 Å². The lowest BCUT2D eigenvalue weighted by Gasteiger charge is -2.36. The summed E-state index contributed by atoms with van der Waals surface area (Å²) in [6.07, 6.45) is 1.13. The third-order valence-corrected chi connectivity index (χ3v) is 6.79. The van der Waals surface area contributed by atoms with Crippen molar-refractivity contribution in [1.29, 1.82) is 0 Å². The van der Waals surface area contributed by atoms with E-state index in [2.05, 4.69) is 4.90 Å². The Balaban J connectivity index is 1.63. The molecule has 0 spiro atoms. The van der Waals surface area contributed by atoms with Crippen LogP contribution in [0.15, 0.2) is 42.5 Å². The number of aryl methyl sites for hydroxylation is 1. The van der Waals surface area contributed by atoms with E-state index in [1.165, 1.54) is 4.31 Å². The maximum Gasteiger partial charge on any atom is 0.243 e. The normalized spacial score (nSPS) is 15.0. The van der Waals surface area contributed by atoms with Gasteiger partial charge in [-0.15, -0.1) is 0 Å². The highest BCUT2D eigenvalue weighted by molar-refractivity contribution is 7.92. The molecule has 1 saturated heterocycles. The largest absolute Gasteiger partial charge is 0.496 e. The Hall–Kier alpha value is -2.29. The molecule has 0 bridgehead atoms. The minimum atomic E-state index is -3.59. The molecule has 2 aromatic carbocycles. The Morgan fingerprint density at radius 2 is 1.81 bits per heavy atom. The van der Waals surface area contributed by atoms with Crippen LogP contribution in [0.2, 0.25) is 5.02 Å². The Morgan fingerprint density at radius 1 is 1.13 bits per heavy atom. The third kappa shape index (κ3) is 5.90. The fourth-order valence-corrected chi connectivity index (χ4v) is 4.82. The van der Waals surface area contributed by atoms with Gasteiger partial charge in [-0.05, 0) is 36.8 Å². The van der Waals surface area contributed by atoms with Crippen LogP contribution in [0.3, 0.4) is 0 Å². The molecule has 0 unspecified atom stereocenters. The van der Waals surface area contributed by atoms with Crippen molar-refractivity contribution in [1.82, 2.24) is 9.80 Å². The van der Waals surface area contributed by atoms with Crippen LogP contribution < -0.4 is 9.04 Å². The van der Waals surface area contributed by atoms with Gasteiger partial charge in [0, 0.05) is 43.3 Å². The number of sulfonamides is 1. The summed E-state index contributed by atoms with van der Waals surface area (Å²) >= 11 is 6.12. The summed E-state index contributed by atoms with van der Waals surface area (Å²) in [7, 11) is -1.96. The zero-order valence-electron chi connectivity index (χ0n) is 18.0. The van der Waals surface area contributed by atoms with Gasteiger partial charge in [-0.25, -0.2) is 8.42 Å². The van der Waals surface area contributed by atoms with Crippen molar-refractivity contribution >= 4 is 33.2 Å². The quantitative estimate of drug-likeness (QED) is 0.628. The number of ether oxygens (including phenoxy) is 1. The number of rotatable bonds is 7. The molecule has 1 heterocycles. The fraction of sp³-hybridized carbons (Fsp3) is 0.409. The fourth-order valence-electron chi connectivity index (χ4n) is 3.71. The molecule has 1 aliphatic rings. The van der Waals surface area contributed by atoms with Crippen LogP contribution in [0.4, 0.5) is 5.69 Å². The molecule has 3 rings (SSSR count). The summed E-state index contributed by atoms with van der Waals surface area (Å²) in [5, 5.41) is 0.654. The zero-order chi connectivity index (χ0) is 22.6. The molecule has 0 atom stereocenters. The number of halogens is 1. The van der Waals surface area contributed by atoms with Crippen molar-refractivity contribution in [2.75, 3.05) is 50.4 Å². The van der Waals surface area contributed by atoms with Gasteiger partial charge in [0.05, 0.1) is 19.1 Å². The van der Waals surface area contributed by atoms with Crippen LogP contribution >= 0.6 is 11.6 Å². The van der Waals surface area contributed by atoms with Gasteiger partial charge in [-0.1, -0.05) is 29.8 Å². The number of para-hydroxylation sites is 1. The molecule has 9 heteroatoms. The van der Waals surface area contributed by atoms with E-state index < -0.39 is 10.0 Å². The van der Waals surface area contributed by atoms with Crippen molar-refractivity contribution in [3.8, 4) is 5.75 Å². The van der Waals surface area contributed by atoms with Crippen LogP contribution in [0.25, 0.3) is 0 Å². The third-order valence-electron chi connectivity index (χ3n) is 5.42. The lowest BCUT2D eigenvalue weighted by atomic mass is 10.1. The highest BCUT2D eigenvalue weighted by Gasteiger charge is 2.27. The molecule has 168 valence electrons. The standard InChI is InChI=1S/C22H28ClN3O4S/c1-17-6-4-5-7-20(17)26(31(3,28)29)16-22(27)25-12-10-24(11-13-25)15-18-14-19(23)8-9-21(18)30-2/h4-9,14H,10-13,15-16H2,1-3H3. The van der Waals surface area contributed by atoms with Crippen LogP contribution in [-0.4, -0.2) is 70.2 Å². The first-order chi connectivity index (χ1) is 14.7. The van der Waals surface area contributed by atoms with Gasteiger partial charge in [0.2, 0.25) is 15.9 Å². The highest BCUT2D eigenvalue weighted by atomic mass is 35.5. The molecule has 1 amide bonds. The number of piperazine rings is 1. The Kier molecular flexibility index (Phi) is 7.46. The van der Waals surface area contributed by atoms with Crippen LogP contribution in [0.5, 0.6) is 5.75 Å². The SMILES string of the molecule is COc1ccc(Cl)cc1CN1CCN(C(=O)CN(c2ccccc2C)S(C)(=O)=O)CC1. The predicted octanol–water partition coefficient (Wildman–Crippen LogP) is 2.77. The first-order valence-corrected chi connectivity index (χ1v) is 12.3. The van der Waals surface area contributed by atoms with E-state index >= 15 is 0 Å². The van der Waals surface area contributed by atoms with Gasteiger partial charge in [-0.2, -0.15) is 0 Å². The van der Waals surface area contributed by atoms with E-state index in [4.69, 9.17) is 16.3 Å². The molecule has 0 aliphatic carbocycles.